The number of nitrogens with two attached hydrogens (primary N) is 1. The van der Waals surface area contributed by atoms with Crippen LogP contribution in [0.2, 0.25) is 6.55 Å². The Balaban J connectivity index is 2.32. The van der Waals surface area contributed by atoms with Crippen LogP contribution in [0.3, 0.4) is 0 Å². The zero-order valence-corrected chi connectivity index (χ0v) is 9.77. The van der Waals surface area contributed by atoms with E-state index in [4.69, 9.17) is 5.73 Å². The van der Waals surface area contributed by atoms with Crippen molar-refractivity contribution in [1.29, 1.82) is 0 Å². The lowest BCUT2D eigenvalue weighted by molar-refractivity contribution is 1.70. The van der Waals surface area contributed by atoms with Gasteiger partial charge >= 0.3 is 0 Å². The molecule has 0 saturated heterocycles. The van der Waals surface area contributed by atoms with Gasteiger partial charge in [-0.2, -0.15) is 0 Å². The summed E-state index contributed by atoms with van der Waals surface area (Å²) >= 11 is 0. The number of benzene rings is 2. The Kier molecular flexibility index (Phi) is 2.88. The summed E-state index contributed by atoms with van der Waals surface area (Å²) in [5.74, 6) is 0. The summed E-state index contributed by atoms with van der Waals surface area (Å²) in [6.07, 6.45) is 0. The Morgan fingerprint density at radius 1 is 0.867 bits per heavy atom. The molecular weight excluding hydrogens is 198 g/mol. The number of hydrogen-bond donors (Lipinski definition) is 1. The van der Waals surface area contributed by atoms with Crippen LogP contribution in [-0.4, -0.2) is 8.80 Å². The molecule has 1 nitrogen and oxygen atoms in total. The third kappa shape index (κ3) is 2.28. The van der Waals surface area contributed by atoms with Gasteiger partial charge in [-0.3, -0.25) is 0 Å². The number of rotatable bonds is 2. The largest absolute Gasteiger partial charge is 0.399 e. The Morgan fingerprint density at radius 3 is 2.20 bits per heavy atom. The van der Waals surface area contributed by atoms with E-state index >= 15 is 0 Å². The average Bonchev–Trinajstić information content (AvgIpc) is 2.29. The fourth-order valence-electron chi connectivity index (χ4n) is 1.63. The van der Waals surface area contributed by atoms with Gasteiger partial charge in [0.1, 0.15) is 8.80 Å². The molecule has 2 N–H and O–H groups in total. The molecule has 1 radical (unpaired) electrons. The summed E-state index contributed by atoms with van der Waals surface area (Å²) in [6, 6.07) is 18.8. The summed E-state index contributed by atoms with van der Waals surface area (Å²) in [7, 11) is -0.647. The zero-order chi connectivity index (χ0) is 10.7. The zero-order valence-electron chi connectivity index (χ0n) is 8.77. The van der Waals surface area contributed by atoms with E-state index in [0.717, 1.165) is 5.69 Å². The number of anilines is 1. The van der Waals surface area contributed by atoms with Gasteiger partial charge in [0, 0.05) is 5.69 Å². The molecule has 0 aliphatic carbocycles. The molecule has 0 fully saturated rings. The van der Waals surface area contributed by atoms with Gasteiger partial charge < -0.3 is 5.73 Å². The van der Waals surface area contributed by atoms with Crippen LogP contribution >= 0.6 is 0 Å². The molecule has 0 spiro atoms. The summed E-state index contributed by atoms with van der Waals surface area (Å²) < 4.78 is 0. The second-order valence-electron chi connectivity index (χ2n) is 3.62. The first-order valence-electron chi connectivity index (χ1n) is 5.02. The molecule has 2 rings (SSSR count). The highest BCUT2D eigenvalue weighted by atomic mass is 28.3. The molecular formula is C13H14NSi. The molecule has 75 valence electrons. The summed E-state index contributed by atoms with van der Waals surface area (Å²) in [5, 5.41) is 2.79. The van der Waals surface area contributed by atoms with Crippen molar-refractivity contribution < 1.29 is 0 Å². The molecule has 2 aromatic rings. The van der Waals surface area contributed by atoms with Gasteiger partial charge in [0.05, 0.1) is 0 Å². The summed E-state index contributed by atoms with van der Waals surface area (Å²) in [4.78, 5) is 0. The van der Waals surface area contributed by atoms with Gasteiger partial charge in [-0.15, -0.1) is 0 Å². The van der Waals surface area contributed by atoms with Gasteiger partial charge in [0.25, 0.3) is 0 Å². The van der Waals surface area contributed by atoms with Crippen molar-refractivity contribution in [2.75, 3.05) is 5.73 Å². The Morgan fingerprint density at radius 2 is 1.53 bits per heavy atom. The van der Waals surface area contributed by atoms with Crippen molar-refractivity contribution >= 4 is 24.9 Å². The lowest BCUT2D eigenvalue weighted by Gasteiger charge is -2.10. The molecule has 0 bridgehead atoms. The predicted molar refractivity (Wildman–Crippen MR) is 68.2 cm³/mol. The third-order valence-electron chi connectivity index (χ3n) is 2.53. The SMILES string of the molecule is C[Si](c1ccccc1)c1cccc(N)c1. The summed E-state index contributed by atoms with van der Waals surface area (Å²) in [5.41, 5.74) is 6.65. The molecule has 15 heavy (non-hydrogen) atoms. The number of hydrogen-bond acceptors (Lipinski definition) is 1. The Bertz CT molecular complexity index is 439. The minimum atomic E-state index is -0.647. The molecule has 0 saturated carbocycles. The first-order chi connectivity index (χ1) is 7.27. The van der Waals surface area contributed by atoms with E-state index < -0.39 is 8.80 Å². The molecule has 2 aromatic carbocycles. The van der Waals surface area contributed by atoms with Crippen LogP contribution in [-0.2, 0) is 0 Å². The first kappa shape index (κ1) is 9.99. The van der Waals surface area contributed by atoms with E-state index in [0.29, 0.717) is 0 Å². The normalized spacial score (nSPS) is 10.5. The molecule has 0 unspecified atom stereocenters. The van der Waals surface area contributed by atoms with E-state index in [-0.39, 0.29) is 0 Å². The minimum Gasteiger partial charge on any atom is -0.399 e. The fraction of sp³-hybridized carbons (Fsp3) is 0.0769. The second-order valence-corrected chi connectivity index (χ2v) is 6.02. The smallest absolute Gasteiger partial charge is 0.118 e. The van der Waals surface area contributed by atoms with Crippen molar-refractivity contribution in [2.45, 2.75) is 6.55 Å². The van der Waals surface area contributed by atoms with Crippen LogP contribution in [0.1, 0.15) is 0 Å². The van der Waals surface area contributed by atoms with Crippen LogP contribution in [0, 0.1) is 0 Å². The molecule has 0 atom stereocenters. The molecule has 2 heteroatoms. The topological polar surface area (TPSA) is 26.0 Å². The van der Waals surface area contributed by atoms with E-state index in [1.807, 2.05) is 12.1 Å². The predicted octanol–water partition coefficient (Wildman–Crippen LogP) is 1.51. The minimum absolute atomic E-state index is 0.647. The molecule has 0 aliphatic heterocycles. The van der Waals surface area contributed by atoms with Gasteiger partial charge in [-0.1, -0.05) is 59.4 Å². The summed E-state index contributed by atoms with van der Waals surface area (Å²) in [6.45, 7) is 2.30. The van der Waals surface area contributed by atoms with Gasteiger partial charge in [-0.05, 0) is 12.1 Å². The van der Waals surface area contributed by atoms with Crippen LogP contribution in [0.4, 0.5) is 5.69 Å². The highest BCUT2D eigenvalue weighted by Crippen LogP contribution is 1.99. The second kappa shape index (κ2) is 4.32. The van der Waals surface area contributed by atoms with Crippen molar-refractivity contribution in [3.05, 3.63) is 54.6 Å². The number of nitrogen functional groups attached to an aromatic ring is 1. The van der Waals surface area contributed by atoms with Crippen LogP contribution in [0.25, 0.3) is 0 Å². The monoisotopic (exact) mass is 212 g/mol. The lowest BCUT2D eigenvalue weighted by atomic mass is 10.3. The van der Waals surface area contributed by atoms with Gasteiger partial charge in [-0.25, -0.2) is 0 Å². The molecule has 0 aliphatic rings. The highest BCUT2D eigenvalue weighted by molar-refractivity contribution is 6.84. The van der Waals surface area contributed by atoms with Gasteiger partial charge in [0.2, 0.25) is 0 Å². The van der Waals surface area contributed by atoms with Crippen molar-refractivity contribution in [2.24, 2.45) is 0 Å². The van der Waals surface area contributed by atoms with Gasteiger partial charge in [0.15, 0.2) is 0 Å². The maximum Gasteiger partial charge on any atom is 0.118 e. The van der Waals surface area contributed by atoms with Crippen LogP contribution < -0.4 is 16.1 Å². The molecule has 0 amide bonds. The van der Waals surface area contributed by atoms with E-state index in [1.54, 1.807) is 0 Å². The fourth-order valence-corrected chi connectivity index (χ4v) is 3.38. The maximum absolute atomic E-state index is 5.79. The standard InChI is InChI=1S/C13H14NSi/c1-15(12-7-3-2-4-8-12)13-9-5-6-11(14)10-13/h2-10H,14H2,1H3. The van der Waals surface area contributed by atoms with Crippen molar-refractivity contribution in [3.8, 4) is 0 Å². The van der Waals surface area contributed by atoms with Crippen molar-refractivity contribution in [3.63, 3.8) is 0 Å². The maximum atomic E-state index is 5.79. The lowest BCUT2D eigenvalue weighted by Crippen LogP contribution is -2.39. The molecule has 0 aromatic heterocycles. The quantitative estimate of drug-likeness (QED) is 0.592. The highest BCUT2D eigenvalue weighted by Gasteiger charge is 2.09. The molecule has 0 heterocycles. The Hall–Kier alpha value is -1.54. The third-order valence-corrected chi connectivity index (χ3v) is 4.90. The van der Waals surface area contributed by atoms with E-state index in [1.165, 1.54) is 10.4 Å². The first-order valence-corrected chi connectivity index (χ1v) is 7.02. The van der Waals surface area contributed by atoms with Crippen molar-refractivity contribution in [1.82, 2.24) is 0 Å². The van der Waals surface area contributed by atoms with E-state index in [2.05, 4.69) is 49.0 Å². The Labute approximate surface area is 92.2 Å². The van der Waals surface area contributed by atoms with Crippen LogP contribution in [0.5, 0.6) is 0 Å². The average molecular weight is 212 g/mol. The van der Waals surface area contributed by atoms with Crippen LogP contribution in [0.15, 0.2) is 54.6 Å². The van der Waals surface area contributed by atoms with E-state index in [9.17, 15) is 0 Å².